The monoisotopic (exact) mass is 285 g/mol. The number of carbonyl (C=O) groups is 2. The molecular formula is C13H23N3O4. The summed E-state index contributed by atoms with van der Waals surface area (Å²) in [7, 11) is 1.65. The van der Waals surface area contributed by atoms with E-state index >= 15 is 0 Å². The van der Waals surface area contributed by atoms with E-state index in [1.54, 1.807) is 16.9 Å². The van der Waals surface area contributed by atoms with Gasteiger partial charge in [0.05, 0.1) is 12.6 Å². The van der Waals surface area contributed by atoms with Crippen LogP contribution in [0.5, 0.6) is 0 Å². The van der Waals surface area contributed by atoms with Gasteiger partial charge in [-0.25, -0.2) is 0 Å². The average molecular weight is 285 g/mol. The molecule has 2 heterocycles. The lowest BCUT2D eigenvalue weighted by Crippen LogP contribution is -2.65. The van der Waals surface area contributed by atoms with E-state index in [9.17, 15) is 9.59 Å². The van der Waals surface area contributed by atoms with Crippen LogP contribution in [0.4, 0.5) is 0 Å². The first-order chi connectivity index (χ1) is 9.74. The highest BCUT2D eigenvalue weighted by Crippen LogP contribution is 2.13. The van der Waals surface area contributed by atoms with Gasteiger partial charge in [0.1, 0.15) is 0 Å². The first-order valence-corrected chi connectivity index (χ1v) is 7.11. The SMILES string of the molecule is COCCCOCCN1CC2CNCCN2C(=O)C1=O. The molecule has 2 amide bonds. The first-order valence-electron chi connectivity index (χ1n) is 7.11. The summed E-state index contributed by atoms with van der Waals surface area (Å²) >= 11 is 0. The summed E-state index contributed by atoms with van der Waals surface area (Å²) in [5, 5.41) is 3.25. The van der Waals surface area contributed by atoms with E-state index in [1.807, 2.05) is 0 Å². The zero-order chi connectivity index (χ0) is 14.4. The van der Waals surface area contributed by atoms with Crippen LogP contribution >= 0.6 is 0 Å². The molecule has 0 aromatic rings. The van der Waals surface area contributed by atoms with Crippen LogP contribution in [0.3, 0.4) is 0 Å². The molecule has 0 bridgehead atoms. The summed E-state index contributed by atoms with van der Waals surface area (Å²) in [5.74, 6) is -0.772. The maximum Gasteiger partial charge on any atom is 0.312 e. The number of ether oxygens (including phenoxy) is 2. The predicted molar refractivity (Wildman–Crippen MR) is 72.3 cm³/mol. The summed E-state index contributed by atoms with van der Waals surface area (Å²) in [6.45, 7) is 4.95. The van der Waals surface area contributed by atoms with E-state index in [-0.39, 0.29) is 11.9 Å². The second-order valence-corrected chi connectivity index (χ2v) is 5.07. The van der Waals surface area contributed by atoms with Gasteiger partial charge in [0.2, 0.25) is 0 Å². The summed E-state index contributed by atoms with van der Waals surface area (Å²) in [6.07, 6.45) is 0.837. The molecule has 114 valence electrons. The fraction of sp³-hybridized carbons (Fsp3) is 0.846. The van der Waals surface area contributed by atoms with Crippen molar-refractivity contribution >= 4 is 11.8 Å². The quantitative estimate of drug-likeness (QED) is 0.464. The molecule has 1 N–H and O–H groups in total. The van der Waals surface area contributed by atoms with Gasteiger partial charge in [-0.05, 0) is 6.42 Å². The van der Waals surface area contributed by atoms with Crippen molar-refractivity contribution in [2.45, 2.75) is 12.5 Å². The molecule has 7 heteroatoms. The van der Waals surface area contributed by atoms with Gasteiger partial charge in [-0.15, -0.1) is 0 Å². The number of rotatable bonds is 7. The number of nitrogens with zero attached hydrogens (tertiary/aromatic N) is 2. The van der Waals surface area contributed by atoms with Crippen molar-refractivity contribution in [1.82, 2.24) is 15.1 Å². The molecule has 0 aromatic carbocycles. The Labute approximate surface area is 119 Å². The zero-order valence-corrected chi connectivity index (χ0v) is 12.0. The van der Waals surface area contributed by atoms with Crippen molar-refractivity contribution < 1.29 is 19.1 Å². The first kappa shape index (κ1) is 15.2. The smallest absolute Gasteiger partial charge is 0.312 e. The Kier molecular flexibility index (Phi) is 5.75. The minimum absolute atomic E-state index is 0.0995. The fourth-order valence-corrected chi connectivity index (χ4v) is 2.56. The lowest BCUT2D eigenvalue weighted by Gasteiger charge is -2.43. The number of methoxy groups -OCH3 is 1. The molecule has 0 aromatic heterocycles. The molecule has 7 nitrogen and oxygen atoms in total. The summed E-state index contributed by atoms with van der Waals surface area (Å²) in [4.78, 5) is 27.3. The number of hydrogen-bond acceptors (Lipinski definition) is 5. The summed E-state index contributed by atoms with van der Waals surface area (Å²) in [5.41, 5.74) is 0. The fourth-order valence-electron chi connectivity index (χ4n) is 2.56. The van der Waals surface area contributed by atoms with E-state index in [1.165, 1.54) is 0 Å². The number of piperazine rings is 2. The van der Waals surface area contributed by atoms with Crippen LogP contribution < -0.4 is 5.32 Å². The van der Waals surface area contributed by atoms with E-state index in [0.29, 0.717) is 39.5 Å². The summed E-state index contributed by atoms with van der Waals surface area (Å²) < 4.78 is 10.4. The normalized spacial score (nSPS) is 23.1. The lowest BCUT2D eigenvalue weighted by atomic mass is 10.1. The van der Waals surface area contributed by atoms with E-state index in [0.717, 1.165) is 19.5 Å². The number of amides is 2. The van der Waals surface area contributed by atoms with Crippen molar-refractivity contribution in [3.63, 3.8) is 0 Å². The Balaban J connectivity index is 1.74. The van der Waals surface area contributed by atoms with Crippen LogP contribution in [0.15, 0.2) is 0 Å². The van der Waals surface area contributed by atoms with Gasteiger partial charge in [0.15, 0.2) is 0 Å². The van der Waals surface area contributed by atoms with Gasteiger partial charge in [0, 0.05) is 53.0 Å². The highest BCUT2D eigenvalue weighted by atomic mass is 16.5. The largest absolute Gasteiger partial charge is 0.385 e. The van der Waals surface area contributed by atoms with Crippen molar-refractivity contribution in [1.29, 1.82) is 0 Å². The van der Waals surface area contributed by atoms with Crippen LogP contribution in [0, 0.1) is 0 Å². The molecule has 2 saturated heterocycles. The van der Waals surface area contributed by atoms with Gasteiger partial charge < -0.3 is 24.6 Å². The Bertz CT molecular complexity index is 351. The Morgan fingerprint density at radius 2 is 2.10 bits per heavy atom. The number of nitrogens with one attached hydrogen (secondary N) is 1. The highest BCUT2D eigenvalue weighted by Gasteiger charge is 2.39. The molecule has 2 rings (SSSR count). The zero-order valence-electron chi connectivity index (χ0n) is 12.0. The van der Waals surface area contributed by atoms with E-state index < -0.39 is 5.91 Å². The minimum atomic E-state index is -0.399. The van der Waals surface area contributed by atoms with E-state index in [4.69, 9.17) is 9.47 Å². The van der Waals surface area contributed by atoms with Crippen LogP contribution in [0.1, 0.15) is 6.42 Å². The van der Waals surface area contributed by atoms with Crippen molar-refractivity contribution in [2.24, 2.45) is 0 Å². The molecule has 2 aliphatic heterocycles. The molecule has 0 saturated carbocycles. The van der Waals surface area contributed by atoms with Crippen LogP contribution in [-0.4, -0.2) is 87.3 Å². The third kappa shape index (κ3) is 3.68. The number of hydrogen-bond donors (Lipinski definition) is 1. The average Bonchev–Trinajstić information content (AvgIpc) is 2.47. The molecule has 2 aliphatic rings. The molecule has 1 atom stereocenters. The van der Waals surface area contributed by atoms with Gasteiger partial charge >= 0.3 is 11.8 Å². The van der Waals surface area contributed by atoms with Gasteiger partial charge in [0.25, 0.3) is 0 Å². The maximum absolute atomic E-state index is 12.0. The third-order valence-electron chi connectivity index (χ3n) is 3.66. The second kappa shape index (κ2) is 7.56. The van der Waals surface area contributed by atoms with Crippen LogP contribution in [0.2, 0.25) is 0 Å². The molecule has 1 unspecified atom stereocenters. The highest BCUT2D eigenvalue weighted by molar-refractivity contribution is 6.35. The summed E-state index contributed by atoms with van der Waals surface area (Å²) in [6, 6.07) is 0.0995. The standard InChI is InChI=1S/C13H23N3O4/c1-19-6-2-7-20-8-5-15-10-11-9-14-3-4-16(11)13(18)12(15)17/h11,14H,2-10H2,1H3. The molecule has 0 aliphatic carbocycles. The maximum atomic E-state index is 12.0. The topological polar surface area (TPSA) is 71.1 Å². The second-order valence-electron chi connectivity index (χ2n) is 5.07. The Hall–Kier alpha value is -1.18. The predicted octanol–water partition coefficient (Wildman–Crippen LogP) is -1.32. The Morgan fingerprint density at radius 1 is 1.25 bits per heavy atom. The van der Waals surface area contributed by atoms with Gasteiger partial charge in [-0.2, -0.15) is 0 Å². The van der Waals surface area contributed by atoms with Crippen LogP contribution in [-0.2, 0) is 19.1 Å². The number of carbonyl (C=O) groups excluding carboxylic acids is 2. The van der Waals surface area contributed by atoms with Crippen LogP contribution in [0.25, 0.3) is 0 Å². The Morgan fingerprint density at radius 3 is 2.90 bits per heavy atom. The molecular weight excluding hydrogens is 262 g/mol. The van der Waals surface area contributed by atoms with Crippen molar-refractivity contribution in [3.05, 3.63) is 0 Å². The molecule has 2 fully saturated rings. The van der Waals surface area contributed by atoms with E-state index in [2.05, 4.69) is 5.32 Å². The van der Waals surface area contributed by atoms with Gasteiger partial charge in [-0.1, -0.05) is 0 Å². The van der Waals surface area contributed by atoms with Crippen molar-refractivity contribution in [3.8, 4) is 0 Å². The molecule has 0 spiro atoms. The van der Waals surface area contributed by atoms with Gasteiger partial charge in [-0.3, -0.25) is 9.59 Å². The molecule has 0 radical (unpaired) electrons. The van der Waals surface area contributed by atoms with Crippen molar-refractivity contribution in [2.75, 3.05) is 59.7 Å². The molecule has 20 heavy (non-hydrogen) atoms. The number of fused-ring (bicyclic) bond motifs is 1. The minimum Gasteiger partial charge on any atom is -0.385 e. The lowest BCUT2D eigenvalue weighted by molar-refractivity contribution is -0.160. The third-order valence-corrected chi connectivity index (χ3v) is 3.66.